The van der Waals surface area contributed by atoms with Gasteiger partial charge in [0.25, 0.3) is 11.8 Å². The lowest BCUT2D eigenvalue weighted by molar-refractivity contribution is 0.0799. The van der Waals surface area contributed by atoms with E-state index in [1.807, 2.05) is 66.7 Å². The molecule has 1 atom stereocenters. The van der Waals surface area contributed by atoms with Crippen molar-refractivity contribution in [1.82, 2.24) is 15.2 Å². The molecule has 7 heteroatoms. The third-order valence-corrected chi connectivity index (χ3v) is 6.44. The van der Waals surface area contributed by atoms with Crippen LogP contribution in [0.2, 0.25) is 10.0 Å². The predicted molar refractivity (Wildman–Crippen MR) is 136 cm³/mol. The van der Waals surface area contributed by atoms with Crippen LogP contribution in [0.15, 0.2) is 84.9 Å². The maximum atomic E-state index is 13.3. The molecular weight excluding hydrogens is 469 g/mol. The van der Waals surface area contributed by atoms with E-state index in [4.69, 9.17) is 23.2 Å². The van der Waals surface area contributed by atoms with Gasteiger partial charge in [-0.1, -0.05) is 65.7 Å². The Hall–Kier alpha value is -3.54. The van der Waals surface area contributed by atoms with Gasteiger partial charge in [-0.05, 0) is 48.0 Å². The second-order valence-corrected chi connectivity index (χ2v) is 8.99. The van der Waals surface area contributed by atoms with E-state index in [-0.39, 0.29) is 16.8 Å². The van der Waals surface area contributed by atoms with Crippen molar-refractivity contribution >= 4 is 45.9 Å². The molecular formula is C27H21Cl2N3O2. The quantitative estimate of drug-likeness (QED) is 0.337. The molecule has 0 bridgehead atoms. The Labute approximate surface area is 207 Å². The van der Waals surface area contributed by atoms with E-state index in [0.717, 1.165) is 22.2 Å². The van der Waals surface area contributed by atoms with Gasteiger partial charge in [0.15, 0.2) is 0 Å². The highest BCUT2D eigenvalue weighted by Gasteiger charge is 2.23. The number of nitrogens with zero attached hydrogens (tertiary/aromatic N) is 1. The zero-order valence-corrected chi connectivity index (χ0v) is 19.6. The van der Waals surface area contributed by atoms with Crippen LogP contribution in [0.1, 0.15) is 38.0 Å². The van der Waals surface area contributed by atoms with Crippen LogP contribution in [0.3, 0.4) is 0 Å². The Kier molecular flexibility index (Phi) is 6.14. The molecule has 0 saturated heterocycles. The standard InChI is InChI=1S/C27H21Cl2N3O2/c28-20-9-11-23-19(14-20)16-24(30-23)25(17-6-2-1-3-7-17)31-26(33)18-8-10-21(22(29)15-18)27(34)32-12-4-5-13-32/h1-11,14-16,25,30H,12-13H2,(H,31,33). The fraction of sp³-hybridized carbons (Fsp3) is 0.111. The molecule has 4 aromatic rings. The monoisotopic (exact) mass is 489 g/mol. The van der Waals surface area contributed by atoms with Gasteiger partial charge in [-0.25, -0.2) is 0 Å². The third kappa shape index (κ3) is 4.45. The highest BCUT2D eigenvalue weighted by Crippen LogP contribution is 2.28. The smallest absolute Gasteiger partial charge is 0.255 e. The number of halogens is 2. The number of nitrogens with one attached hydrogen (secondary N) is 2. The third-order valence-electron chi connectivity index (χ3n) is 5.89. The molecule has 3 aromatic carbocycles. The number of carbonyl (C=O) groups excluding carboxylic acids is 2. The van der Waals surface area contributed by atoms with E-state index in [2.05, 4.69) is 10.3 Å². The number of fused-ring (bicyclic) bond motifs is 1. The maximum Gasteiger partial charge on any atom is 0.255 e. The summed E-state index contributed by atoms with van der Waals surface area (Å²) in [7, 11) is 0. The Balaban J connectivity index is 1.43. The molecule has 0 radical (unpaired) electrons. The van der Waals surface area contributed by atoms with Crippen molar-refractivity contribution in [1.29, 1.82) is 0 Å². The van der Waals surface area contributed by atoms with E-state index in [9.17, 15) is 9.59 Å². The number of carbonyl (C=O) groups is 2. The van der Waals surface area contributed by atoms with E-state index >= 15 is 0 Å². The van der Waals surface area contributed by atoms with Crippen LogP contribution in [0, 0.1) is 0 Å². The van der Waals surface area contributed by atoms with Crippen molar-refractivity contribution < 1.29 is 9.59 Å². The molecule has 2 N–H and O–H groups in total. The van der Waals surface area contributed by atoms with Gasteiger partial charge < -0.3 is 15.2 Å². The van der Waals surface area contributed by atoms with Gasteiger partial charge in [-0.3, -0.25) is 9.59 Å². The zero-order valence-electron chi connectivity index (χ0n) is 18.1. The summed E-state index contributed by atoms with van der Waals surface area (Å²) in [6.45, 7) is 1.12. The highest BCUT2D eigenvalue weighted by atomic mass is 35.5. The molecule has 1 aliphatic heterocycles. The van der Waals surface area contributed by atoms with Crippen molar-refractivity contribution in [3.63, 3.8) is 0 Å². The summed E-state index contributed by atoms with van der Waals surface area (Å²) in [4.78, 5) is 31.0. The number of H-pyrrole nitrogens is 1. The predicted octanol–water partition coefficient (Wildman–Crippen LogP) is 6.01. The molecule has 1 aromatic heterocycles. The molecule has 1 aliphatic rings. The van der Waals surface area contributed by atoms with Crippen molar-refractivity contribution in [3.8, 4) is 0 Å². The maximum absolute atomic E-state index is 13.3. The molecule has 5 nitrogen and oxygen atoms in total. The summed E-state index contributed by atoms with van der Waals surface area (Å²) >= 11 is 12.6. The molecule has 0 aliphatic carbocycles. The SMILES string of the molecule is O=C(NC(c1ccccc1)c1cc2cc(Cl)ccc2[nH]1)c1ccc(C(=O)N2CC=CC2)c(Cl)c1. The lowest BCUT2D eigenvalue weighted by Gasteiger charge is -2.19. The first kappa shape index (κ1) is 22.3. The van der Waals surface area contributed by atoms with Gasteiger partial charge in [0, 0.05) is 40.3 Å². The van der Waals surface area contributed by atoms with Crippen molar-refractivity contribution in [3.05, 3.63) is 117 Å². The van der Waals surface area contributed by atoms with E-state index in [0.29, 0.717) is 29.2 Å². The Morgan fingerprint density at radius 3 is 2.41 bits per heavy atom. The molecule has 170 valence electrons. The number of benzene rings is 3. The van der Waals surface area contributed by atoms with Crippen LogP contribution < -0.4 is 5.32 Å². The number of aromatic nitrogens is 1. The second kappa shape index (κ2) is 9.37. The minimum absolute atomic E-state index is 0.152. The number of rotatable bonds is 5. The molecule has 2 heterocycles. The van der Waals surface area contributed by atoms with Crippen molar-refractivity contribution in [2.75, 3.05) is 13.1 Å². The minimum Gasteiger partial charge on any atom is -0.356 e. The minimum atomic E-state index is -0.421. The molecule has 34 heavy (non-hydrogen) atoms. The topological polar surface area (TPSA) is 65.2 Å². The summed E-state index contributed by atoms with van der Waals surface area (Å²) < 4.78 is 0. The first-order chi connectivity index (χ1) is 16.5. The first-order valence-electron chi connectivity index (χ1n) is 10.9. The van der Waals surface area contributed by atoms with Crippen LogP contribution in [0.5, 0.6) is 0 Å². The van der Waals surface area contributed by atoms with Crippen LogP contribution in [-0.4, -0.2) is 34.8 Å². The second-order valence-electron chi connectivity index (χ2n) is 8.15. The Morgan fingerprint density at radius 1 is 0.912 bits per heavy atom. The molecule has 5 rings (SSSR count). The normalized spacial score (nSPS) is 13.9. The van der Waals surface area contributed by atoms with Crippen LogP contribution in [0.4, 0.5) is 0 Å². The van der Waals surface area contributed by atoms with Crippen LogP contribution in [-0.2, 0) is 0 Å². The highest BCUT2D eigenvalue weighted by molar-refractivity contribution is 6.34. The number of amides is 2. The first-order valence-corrected chi connectivity index (χ1v) is 11.6. The number of hydrogen-bond acceptors (Lipinski definition) is 2. The van der Waals surface area contributed by atoms with E-state index in [1.165, 1.54) is 0 Å². The van der Waals surface area contributed by atoms with Gasteiger partial charge >= 0.3 is 0 Å². The Morgan fingerprint density at radius 2 is 1.68 bits per heavy atom. The van der Waals surface area contributed by atoms with Crippen LogP contribution >= 0.6 is 23.2 Å². The van der Waals surface area contributed by atoms with Gasteiger partial charge in [-0.15, -0.1) is 0 Å². The largest absolute Gasteiger partial charge is 0.356 e. The number of aromatic amines is 1. The Bertz CT molecular complexity index is 1400. The molecule has 1 unspecified atom stereocenters. The molecule has 2 amide bonds. The zero-order chi connectivity index (χ0) is 23.7. The van der Waals surface area contributed by atoms with E-state index in [1.54, 1.807) is 23.1 Å². The summed E-state index contributed by atoms with van der Waals surface area (Å²) in [5.74, 6) is -0.449. The molecule has 0 spiro atoms. The fourth-order valence-electron chi connectivity index (χ4n) is 4.13. The molecule has 0 saturated carbocycles. The average molecular weight is 490 g/mol. The summed E-state index contributed by atoms with van der Waals surface area (Å²) in [6.07, 6.45) is 3.88. The van der Waals surface area contributed by atoms with E-state index < -0.39 is 6.04 Å². The fourth-order valence-corrected chi connectivity index (χ4v) is 4.57. The van der Waals surface area contributed by atoms with Crippen LogP contribution in [0.25, 0.3) is 10.9 Å². The van der Waals surface area contributed by atoms with Crippen molar-refractivity contribution in [2.45, 2.75) is 6.04 Å². The number of hydrogen-bond donors (Lipinski definition) is 2. The van der Waals surface area contributed by atoms with Gasteiger partial charge in [0.05, 0.1) is 16.6 Å². The van der Waals surface area contributed by atoms with Gasteiger partial charge in [0.2, 0.25) is 0 Å². The lowest BCUT2D eigenvalue weighted by Crippen LogP contribution is -2.30. The van der Waals surface area contributed by atoms with Gasteiger partial charge in [-0.2, -0.15) is 0 Å². The summed E-state index contributed by atoms with van der Waals surface area (Å²) in [6, 6.07) is 21.7. The molecule has 0 fully saturated rings. The van der Waals surface area contributed by atoms with Crippen molar-refractivity contribution in [2.24, 2.45) is 0 Å². The summed E-state index contributed by atoms with van der Waals surface area (Å²) in [5.41, 5.74) is 3.44. The average Bonchev–Trinajstić information content (AvgIpc) is 3.52. The van der Waals surface area contributed by atoms with Gasteiger partial charge in [0.1, 0.15) is 0 Å². The lowest BCUT2D eigenvalue weighted by atomic mass is 10.0. The summed E-state index contributed by atoms with van der Waals surface area (Å²) in [5, 5.41) is 4.96.